The van der Waals surface area contributed by atoms with Crippen molar-refractivity contribution < 1.29 is 0 Å². The molecule has 0 fully saturated rings. The van der Waals surface area contributed by atoms with Crippen LogP contribution in [0.25, 0.3) is 0 Å². The maximum atomic E-state index is 2.47. The van der Waals surface area contributed by atoms with Gasteiger partial charge in [0.15, 0.2) is 0 Å². The maximum absolute atomic E-state index is 2.47. The summed E-state index contributed by atoms with van der Waals surface area (Å²) in [6.07, 6.45) is 38.4. The Morgan fingerprint density at radius 1 is 0.484 bits per heavy atom. The molecule has 0 aromatic carbocycles. The fourth-order valence-corrected chi connectivity index (χ4v) is 4.37. The van der Waals surface area contributed by atoms with Crippen molar-refractivity contribution in [2.45, 2.75) is 155 Å². The van der Waals surface area contributed by atoms with Crippen LogP contribution in [-0.2, 0) is 0 Å². The summed E-state index contributed by atoms with van der Waals surface area (Å²) in [7, 11) is 4.56. The minimum atomic E-state index is 0.809. The Balaban J connectivity index is 3.45. The highest BCUT2D eigenvalue weighted by atomic mass is 15.1. The summed E-state index contributed by atoms with van der Waals surface area (Å²) in [6.45, 7) is 4.57. The van der Waals surface area contributed by atoms with Crippen molar-refractivity contribution in [1.29, 1.82) is 0 Å². The second-order valence-electron chi connectivity index (χ2n) is 9.90. The van der Waals surface area contributed by atoms with Crippen LogP contribution in [0.1, 0.15) is 149 Å². The molecule has 0 rings (SSSR count). The van der Waals surface area contributed by atoms with Gasteiger partial charge in [0.2, 0.25) is 0 Å². The van der Waals surface area contributed by atoms with Crippen molar-refractivity contribution in [1.82, 2.24) is 4.90 Å². The molecule has 1 heteroatoms. The van der Waals surface area contributed by atoms with E-state index < -0.39 is 0 Å². The lowest BCUT2D eigenvalue weighted by molar-refractivity contribution is 0.251. The lowest BCUT2D eigenvalue weighted by atomic mass is 9.99. The number of hydrogen-bond acceptors (Lipinski definition) is 1. The molecule has 0 aromatic rings. The van der Waals surface area contributed by atoms with E-state index in [2.05, 4.69) is 57.1 Å². The van der Waals surface area contributed by atoms with E-state index in [1.165, 1.54) is 128 Å². The van der Waals surface area contributed by atoms with Crippen LogP contribution in [-0.4, -0.2) is 25.0 Å². The second-order valence-corrected chi connectivity index (χ2v) is 9.90. The molecular weight excluding hydrogens is 374 g/mol. The van der Waals surface area contributed by atoms with Gasteiger partial charge in [0.1, 0.15) is 0 Å². The Hall–Kier alpha value is -0.560. The van der Waals surface area contributed by atoms with Crippen molar-refractivity contribution in [2.24, 2.45) is 0 Å². The number of nitrogens with zero attached hydrogens (tertiary/aromatic N) is 1. The van der Waals surface area contributed by atoms with Crippen LogP contribution in [0.5, 0.6) is 0 Å². The molecule has 0 aliphatic rings. The molecule has 0 heterocycles. The molecule has 184 valence electrons. The van der Waals surface area contributed by atoms with Crippen LogP contribution in [0.15, 0.2) is 24.3 Å². The summed E-state index contributed by atoms with van der Waals surface area (Å²) in [5.41, 5.74) is 0. The molecule has 0 N–H and O–H groups in total. The van der Waals surface area contributed by atoms with Crippen molar-refractivity contribution >= 4 is 0 Å². The van der Waals surface area contributed by atoms with Crippen molar-refractivity contribution in [3.05, 3.63) is 24.3 Å². The van der Waals surface area contributed by atoms with E-state index in [0.717, 1.165) is 12.5 Å². The standard InChI is InChI=1S/C30H59N/c1-5-7-9-11-13-14-15-16-17-18-19-20-21-22-23-25-27-29-30(31(3)4)28-26-24-12-10-8-6-2/h13-14,16-17,30H,5-12,15,18-29H2,1-4H3/b14-13-,17-16?. The molecule has 1 nitrogen and oxygen atoms in total. The predicted molar refractivity (Wildman–Crippen MR) is 144 cm³/mol. The zero-order valence-electron chi connectivity index (χ0n) is 22.2. The second kappa shape index (κ2) is 25.7. The maximum Gasteiger partial charge on any atom is 0.00891 e. The molecule has 0 bridgehead atoms. The molecule has 0 saturated carbocycles. The van der Waals surface area contributed by atoms with Crippen LogP contribution in [0, 0.1) is 0 Å². The molecule has 31 heavy (non-hydrogen) atoms. The lowest BCUT2D eigenvalue weighted by Gasteiger charge is -2.24. The van der Waals surface area contributed by atoms with Crippen LogP contribution in [0.2, 0.25) is 0 Å². The minimum absolute atomic E-state index is 0.809. The first-order valence-electron chi connectivity index (χ1n) is 14.2. The number of hydrogen-bond donors (Lipinski definition) is 0. The highest BCUT2D eigenvalue weighted by Crippen LogP contribution is 2.17. The molecule has 0 aliphatic carbocycles. The Kier molecular flexibility index (Phi) is 25.2. The highest BCUT2D eigenvalue weighted by molar-refractivity contribution is 4.92. The van der Waals surface area contributed by atoms with Crippen LogP contribution >= 0.6 is 0 Å². The Morgan fingerprint density at radius 3 is 1.35 bits per heavy atom. The van der Waals surface area contributed by atoms with E-state index in [4.69, 9.17) is 0 Å². The normalized spacial score (nSPS) is 13.2. The smallest absolute Gasteiger partial charge is 0.00891 e. The van der Waals surface area contributed by atoms with Crippen molar-refractivity contribution in [3.63, 3.8) is 0 Å². The molecule has 1 atom stereocenters. The summed E-state index contributed by atoms with van der Waals surface area (Å²) in [5, 5.41) is 0. The van der Waals surface area contributed by atoms with Crippen LogP contribution in [0.3, 0.4) is 0 Å². The van der Waals surface area contributed by atoms with Gasteiger partial charge in [-0.15, -0.1) is 0 Å². The quantitative estimate of drug-likeness (QED) is 0.108. The first-order chi connectivity index (χ1) is 15.2. The molecule has 0 radical (unpaired) electrons. The van der Waals surface area contributed by atoms with Gasteiger partial charge in [-0.1, -0.05) is 128 Å². The number of unbranched alkanes of at least 4 members (excludes halogenated alkanes) is 15. The van der Waals surface area contributed by atoms with Gasteiger partial charge in [-0.05, 0) is 59.0 Å². The van der Waals surface area contributed by atoms with Gasteiger partial charge in [0.25, 0.3) is 0 Å². The lowest BCUT2D eigenvalue weighted by Crippen LogP contribution is -2.27. The fourth-order valence-electron chi connectivity index (χ4n) is 4.37. The summed E-state index contributed by atoms with van der Waals surface area (Å²) in [5.74, 6) is 0. The Morgan fingerprint density at radius 2 is 0.871 bits per heavy atom. The zero-order valence-corrected chi connectivity index (χ0v) is 22.2. The van der Waals surface area contributed by atoms with Gasteiger partial charge in [-0.2, -0.15) is 0 Å². The summed E-state index contributed by atoms with van der Waals surface area (Å²) in [6, 6.07) is 0.809. The van der Waals surface area contributed by atoms with Gasteiger partial charge in [-0.3, -0.25) is 0 Å². The van der Waals surface area contributed by atoms with E-state index in [1.807, 2.05) is 0 Å². The number of allylic oxidation sites excluding steroid dienone is 4. The SMILES string of the molecule is CCCCC/C=C\CC=CCCCCCCCCCC(CCCCCCCC)N(C)C. The average molecular weight is 434 g/mol. The Bertz CT molecular complexity index is 382. The molecule has 0 spiro atoms. The van der Waals surface area contributed by atoms with E-state index in [-0.39, 0.29) is 0 Å². The first-order valence-corrected chi connectivity index (χ1v) is 14.2. The van der Waals surface area contributed by atoms with Gasteiger partial charge >= 0.3 is 0 Å². The van der Waals surface area contributed by atoms with E-state index >= 15 is 0 Å². The molecule has 0 amide bonds. The molecule has 0 aliphatic heterocycles. The third kappa shape index (κ3) is 23.9. The highest BCUT2D eigenvalue weighted by Gasteiger charge is 2.10. The van der Waals surface area contributed by atoms with Gasteiger partial charge in [0.05, 0.1) is 0 Å². The summed E-state index contributed by atoms with van der Waals surface area (Å²) < 4.78 is 0. The molecule has 1 unspecified atom stereocenters. The largest absolute Gasteiger partial charge is 0.306 e. The van der Waals surface area contributed by atoms with E-state index in [1.54, 1.807) is 0 Å². The van der Waals surface area contributed by atoms with Crippen LogP contribution in [0.4, 0.5) is 0 Å². The van der Waals surface area contributed by atoms with Gasteiger partial charge in [-0.25, -0.2) is 0 Å². The number of rotatable bonds is 24. The molecular formula is C30H59N. The van der Waals surface area contributed by atoms with Gasteiger partial charge in [0, 0.05) is 6.04 Å². The third-order valence-corrected chi connectivity index (χ3v) is 6.61. The van der Waals surface area contributed by atoms with Crippen LogP contribution < -0.4 is 0 Å². The summed E-state index contributed by atoms with van der Waals surface area (Å²) in [4.78, 5) is 2.47. The van der Waals surface area contributed by atoms with Crippen molar-refractivity contribution in [3.8, 4) is 0 Å². The van der Waals surface area contributed by atoms with Crippen molar-refractivity contribution in [2.75, 3.05) is 14.1 Å². The monoisotopic (exact) mass is 433 g/mol. The average Bonchev–Trinajstić information content (AvgIpc) is 2.76. The van der Waals surface area contributed by atoms with Gasteiger partial charge < -0.3 is 4.90 Å². The predicted octanol–water partition coefficient (Wildman–Crippen LogP) is 10.3. The summed E-state index contributed by atoms with van der Waals surface area (Å²) >= 11 is 0. The molecule has 0 aromatic heterocycles. The molecule has 0 saturated heterocycles. The minimum Gasteiger partial charge on any atom is -0.306 e. The fraction of sp³-hybridized carbons (Fsp3) is 0.867. The third-order valence-electron chi connectivity index (χ3n) is 6.61. The van der Waals surface area contributed by atoms with E-state index in [9.17, 15) is 0 Å². The topological polar surface area (TPSA) is 3.24 Å². The zero-order chi connectivity index (χ0) is 22.8. The first kappa shape index (κ1) is 30.4. The van der Waals surface area contributed by atoms with E-state index in [0.29, 0.717) is 0 Å². The Labute approximate surface area is 198 Å².